The fourth-order valence-electron chi connectivity index (χ4n) is 1.68. The van der Waals surface area contributed by atoms with E-state index in [0.29, 0.717) is 13.2 Å². The number of unbranched alkanes of at least 4 members (excludes halogenated alkanes) is 7. The summed E-state index contributed by atoms with van der Waals surface area (Å²) in [5, 5.41) is 0. The van der Waals surface area contributed by atoms with Gasteiger partial charge in [-0.2, -0.15) is 8.42 Å². The van der Waals surface area contributed by atoms with E-state index in [-0.39, 0.29) is 6.61 Å². The highest BCUT2D eigenvalue weighted by Crippen LogP contribution is 2.08. The number of hydrogen-bond acceptors (Lipinski definition) is 4. The SMILES string of the molecule is CCCCCCCCCCOCCOS(C)(=O)=O. The quantitative estimate of drug-likeness (QED) is 0.384. The van der Waals surface area contributed by atoms with Crippen molar-refractivity contribution >= 4 is 10.1 Å². The van der Waals surface area contributed by atoms with E-state index in [1.165, 1.54) is 44.9 Å². The summed E-state index contributed by atoms with van der Waals surface area (Å²) in [7, 11) is -3.32. The van der Waals surface area contributed by atoms with Gasteiger partial charge >= 0.3 is 0 Å². The lowest BCUT2D eigenvalue weighted by Gasteiger charge is -2.04. The average molecular weight is 280 g/mol. The summed E-state index contributed by atoms with van der Waals surface area (Å²) in [6.07, 6.45) is 11.2. The number of rotatable bonds is 13. The number of ether oxygens (including phenoxy) is 1. The zero-order valence-corrected chi connectivity index (χ0v) is 12.6. The molecule has 0 saturated carbocycles. The van der Waals surface area contributed by atoms with Crippen LogP contribution in [0, 0.1) is 0 Å². The van der Waals surface area contributed by atoms with Crippen molar-refractivity contribution in [1.29, 1.82) is 0 Å². The van der Waals surface area contributed by atoms with Gasteiger partial charge in [-0.05, 0) is 6.42 Å². The fraction of sp³-hybridized carbons (Fsp3) is 1.00. The van der Waals surface area contributed by atoms with Gasteiger partial charge in [-0.1, -0.05) is 51.9 Å². The van der Waals surface area contributed by atoms with E-state index in [0.717, 1.165) is 12.7 Å². The van der Waals surface area contributed by atoms with Crippen molar-refractivity contribution in [2.45, 2.75) is 58.3 Å². The molecule has 0 fully saturated rings. The van der Waals surface area contributed by atoms with Gasteiger partial charge in [0.15, 0.2) is 0 Å². The maximum absolute atomic E-state index is 10.6. The molecular weight excluding hydrogens is 252 g/mol. The molecule has 0 heterocycles. The first-order valence-corrected chi connectivity index (χ1v) is 8.80. The van der Waals surface area contributed by atoms with Crippen LogP contribution < -0.4 is 0 Å². The highest BCUT2D eigenvalue weighted by molar-refractivity contribution is 7.85. The largest absolute Gasteiger partial charge is 0.379 e. The van der Waals surface area contributed by atoms with Gasteiger partial charge in [0.2, 0.25) is 0 Å². The molecular formula is C13H28O4S. The minimum Gasteiger partial charge on any atom is -0.379 e. The highest BCUT2D eigenvalue weighted by Gasteiger charge is 2.00. The Balaban J connectivity index is 3.03. The van der Waals surface area contributed by atoms with Gasteiger partial charge < -0.3 is 4.74 Å². The molecule has 4 nitrogen and oxygen atoms in total. The van der Waals surface area contributed by atoms with Crippen molar-refractivity contribution < 1.29 is 17.3 Å². The Kier molecular flexibility index (Phi) is 11.8. The molecule has 0 bridgehead atoms. The molecule has 0 aromatic heterocycles. The summed E-state index contributed by atoms with van der Waals surface area (Å²) in [5.41, 5.74) is 0. The van der Waals surface area contributed by atoms with Crippen molar-refractivity contribution in [3.05, 3.63) is 0 Å². The molecule has 0 radical (unpaired) electrons. The lowest BCUT2D eigenvalue weighted by molar-refractivity contribution is 0.0993. The third-order valence-electron chi connectivity index (χ3n) is 2.67. The summed E-state index contributed by atoms with van der Waals surface area (Å²) in [6, 6.07) is 0. The average Bonchev–Trinajstić information content (AvgIpc) is 2.29. The Labute approximate surface area is 112 Å². The Morgan fingerprint density at radius 2 is 1.33 bits per heavy atom. The second-order valence-electron chi connectivity index (χ2n) is 4.61. The van der Waals surface area contributed by atoms with Crippen LogP contribution >= 0.6 is 0 Å². The first-order valence-electron chi connectivity index (χ1n) is 6.98. The maximum Gasteiger partial charge on any atom is 0.264 e. The highest BCUT2D eigenvalue weighted by atomic mass is 32.2. The van der Waals surface area contributed by atoms with Crippen LogP contribution in [0.1, 0.15) is 58.3 Å². The normalized spacial score (nSPS) is 11.9. The first-order chi connectivity index (χ1) is 8.56. The second kappa shape index (κ2) is 11.9. The Hall–Kier alpha value is -0.130. The third kappa shape index (κ3) is 15.9. The van der Waals surface area contributed by atoms with E-state index in [1.54, 1.807) is 0 Å². The fourth-order valence-corrected chi connectivity index (χ4v) is 2.06. The lowest BCUT2D eigenvalue weighted by Crippen LogP contribution is -2.10. The van der Waals surface area contributed by atoms with Crippen LogP contribution in [0.3, 0.4) is 0 Å². The topological polar surface area (TPSA) is 52.6 Å². The van der Waals surface area contributed by atoms with Gasteiger partial charge in [0.05, 0.1) is 19.5 Å². The van der Waals surface area contributed by atoms with Gasteiger partial charge in [0.1, 0.15) is 0 Å². The molecule has 110 valence electrons. The van der Waals surface area contributed by atoms with Crippen molar-refractivity contribution in [1.82, 2.24) is 0 Å². The third-order valence-corrected chi connectivity index (χ3v) is 3.26. The van der Waals surface area contributed by atoms with E-state index < -0.39 is 10.1 Å². The van der Waals surface area contributed by atoms with Crippen molar-refractivity contribution in [2.75, 3.05) is 26.1 Å². The van der Waals surface area contributed by atoms with Crippen molar-refractivity contribution in [3.63, 3.8) is 0 Å². The first kappa shape index (κ1) is 17.9. The van der Waals surface area contributed by atoms with Gasteiger partial charge in [-0.3, -0.25) is 4.18 Å². The maximum atomic E-state index is 10.6. The molecule has 0 aromatic rings. The molecule has 0 atom stereocenters. The van der Waals surface area contributed by atoms with Crippen LogP contribution in [-0.2, 0) is 19.0 Å². The van der Waals surface area contributed by atoms with Gasteiger partial charge in [0.25, 0.3) is 10.1 Å². The van der Waals surface area contributed by atoms with Crippen molar-refractivity contribution in [2.24, 2.45) is 0 Å². The molecule has 0 unspecified atom stereocenters. The predicted molar refractivity (Wildman–Crippen MR) is 74.2 cm³/mol. The lowest BCUT2D eigenvalue weighted by atomic mass is 10.1. The van der Waals surface area contributed by atoms with Crippen LogP contribution in [0.25, 0.3) is 0 Å². The molecule has 0 amide bonds. The zero-order chi connectivity index (χ0) is 13.7. The van der Waals surface area contributed by atoms with Crippen LogP contribution in [0.2, 0.25) is 0 Å². The molecule has 0 aliphatic rings. The molecule has 0 aromatic carbocycles. The second-order valence-corrected chi connectivity index (χ2v) is 6.26. The molecule has 0 aliphatic carbocycles. The van der Waals surface area contributed by atoms with Gasteiger partial charge in [-0.15, -0.1) is 0 Å². The van der Waals surface area contributed by atoms with E-state index in [1.807, 2.05) is 0 Å². The van der Waals surface area contributed by atoms with E-state index >= 15 is 0 Å². The molecule has 0 aliphatic heterocycles. The van der Waals surface area contributed by atoms with Crippen LogP contribution in [0.15, 0.2) is 0 Å². The van der Waals surface area contributed by atoms with Crippen LogP contribution in [0.4, 0.5) is 0 Å². The Morgan fingerprint density at radius 1 is 0.778 bits per heavy atom. The standard InChI is InChI=1S/C13H28O4S/c1-3-4-5-6-7-8-9-10-11-16-12-13-17-18(2,14)15/h3-13H2,1-2H3. The summed E-state index contributed by atoms with van der Waals surface area (Å²) in [5.74, 6) is 0. The van der Waals surface area contributed by atoms with E-state index in [2.05, 4.69) is 11.1 Å². The van der Waals surface area contributed by atoms with Crippen molar-refractivity contribution in [3.8, 4) is 0 Å². The smallest absolute Gasteiger partial charge is 0.264 e. The molecule has 0 N–H and O–H groups in total. The monoisotopic (exact) mass is 280 g/mol. The van der Waals surface area contributed by atoms with Gasteiger partial charge in [-0.25, -0.2) is 0 Å². The van der Waals surface area contributed by atoms with Gasteiger partial charge in [0, 0.05) is 6.61 Å². The summed E-state index contributed by atoms with van der Waals surface area (Å²) in [4.78, 5) is 0. The van der Waals surface area contributed by atoms with E-state index in [4.69, 9.17) is 4.74 Å². The molecule has 0 saturated heterocycles. The molecule has 0 rings (SSSR count). The summed E-state index contributed by atoms with van der Waals surface area (Å²) < 4.78 is 31.1. The predicted octanol–water partition coefficient (Wildman–Crippen LogP) is 3.12. The number of hydrogen-bond donors (Lipinski definition) is 0. The summed E-state index contributed by atoms with van der Waals surface area (Å²) >= 11 is 0. The molecule has 18 heavy (non-hydrogen) atoms. The minimum atomic E-state index is -3.32. The summed E-state index contributed by atoms with van der Waals surface area (Å²) in [6.45, 7) is 3.40. The van der Waals surface area contributed by atoms with Crippen LogP contribution in [0.5, 0.6) is 0 Å². The molecule has 5 heteroatoms. The van der Waals surface area contributed by atoms with Crippen LogP contribution in [-0.4, -0.2) is 34.5 Å². The minimum absolute atomic E-state index is 0.121. The Morgan fingerprint density at radius 3 is 1.89 bits per heavy atom. The zero-order valence-electron chi connectivity index (χ0n) is 11.8. The van der Waals surface area contributed by atoms with E-state index in [9.17, 15) is 8.42 Å². The Bertz CT molecular complexity index is 262. The molecule has 0 spiro atoms.